The van der Waals surface area contributed by atoms with Crippen LogP contribution in [0.4, 0.5) is 11.6 Å². The minimum absolute atomic E-state index is 0.179. The van der Waals surface area contributed by atoms with Crippen LogP contribution in [0.25, 0.3) is 10.8 Å². The summed E-state index contributed by atoms with van der Waals surface area (Å²) in [6.07, 6.45) is 0.998. The molecule has 0 radical (unpaired) electrons. The molecule has 0 aliphatic carbocycles. The van der Waals surface area contributed by atoms with E-state index in [9.17, 15) is 9.59 Å². The van der Waals surface area contributed by atoms with Crippen LogP contribution in [-0.2, 0) is 4.79 Å². The van der Waals surface area contributed by atoms with Gasteiger partial charge in [0.2, 0.25) is 11.8 Å². The van der Waals surface area contributed by atoms with Gasteiger partial charge in [-0.2, -0.15) is 5.10 Å². The first kappa shape index (κ1) is 17.3. The summed E-state index contributed by atoms with van der Waals surface area (Å²) in [5.41, 5.74) is 2.63. The van der Waals surface area contributed by atoms with Gasteiger partial charge in [-0.3, -0.25) is 14.9 Å². The minimum Gasteiger partial charge on any atom is -0.444 e. The number of hydrogen-bond acceptors (Lipinski definition) is 5. The van der Waals surface area contributed by atoms with Crippen molar-refractivity contribution < 1.29 is 9.21 Å². The Morgan fingerprint density at radius 1 is 1.33 bits per heavy atom. The minimum atomic E-state index is -0.375. The Bertz CT molecular complexity index is 1080. The van der Waals surface area contributed by atoms with Crippen molar-refractivity contribution in [3.05, 3.63) is 51.6 Å². The molecule has 4 rings (SSSR count). The number of aromatic amines is 1. The smallest absolute Gasteiger partial charge is 0.277 e. The maximum atomic E-state index is 12.7. The molecule has 140 valence electrons. The third-order valence-corrected chi connectivity index (χ3v) is 5.23. The highest BCUT2D eigenvalue weighted by atomic mass is 16.4. The average molecular weight is 366 g/mol. The number of nitrogens with zero attached hydrogens (tertiary/aromatic N) is 2. The highest BCUT2D eigenvalue weighted by molar-refractivity contribution is 6.02. The van der Waals surface area contributed by atoms with Crippen LogP contribution < -0.4 is 15.8 Å². The predicted octanol–water partition coefficient (Wildman–Crippen LogP) is 3.09. The first-order valence-corrected chi connectivity index (χ1v) is 9.07. The van der Waals surface area contributed by atoms with Gasteiger partial charge in [0.05, 0.1) is 17.6 Å². The fourth-order valence-electron chi connectivity index (χ4n) is 3.85. The van der Waals surface area contributed by atoms with Gasteiger partial charge in [0.25, 0.3) is 5.56 Å². The molecule has 7 heteroatoms. The Hall–Kier alpha value is -3.09. The molecule has 0 bridgehead atoms. The zero-order chi connectivity index (χ0) is 19.1. The van der Waals surface area contributed by atoms with Crippen LogP contribution in [-0.4, -0.2) is 29.2 Å². The zero-order valence-electron chi connectivity index (χ0n) is 15.6. The lowest BCUT2D eigenvalue weighted by atomic mass is 9.91. The van der Waals surface area contributed by atoms with E-state index in [-0.39, 0.29) is 23.9 Å². The number of carbonyl (C=O) groups excluding carboxylic acids is 1. The number of H-pyrrole nitrogens is 1. The molecule has 1 aromatic carbocycles. The first-order chi connectivity index (χ1) is 13.0. The van der Waals surface area contributed by atoms with Crippen LogP contribution >= 0.6 is 0 Å². The molecule has 0 unspecified atom stereocenters. The molecule has 0 fully saturated rings. The van der Waals surface area contributed by atoms with Gasteiger partial charge in [0.1, 0.15) is 11.1 Å². The highest BCUT2D eigenvalue weighted by Crippen LogP contribution is 2.34. The number of nitrogens with one attached hydrogen (secondary N) is 2. The van der Waals surface area contributed by atoms with Crippen molar-refractivity contribution in [3.8, 4) is 0 Å². The number of aryl methyl sites for hydroxylation is 2. The largest absolute Gasteiger partial charge is 0.444 e. The topological polar surface area (TPSA) is 91.2 Å². The lowest BCUT2D eigenvalue weighted by Crippen LogP contribution is -2.37. The van der Waals surface area contributed by atoms with Crippen molar-refractivity contribution in [1.29, 1.82) is 0 Å². The van der Waals surface area contributed by atoms with Crippen molar-refractivity contribution in [1.82, 2.24) is 10.2 Å². The summed E-state index contributed by atoms with van der Waals surface area (Å²) in [5.74, 6) is 1.00. The third-order valence-electron chi connectivity index (χ3n) is 5.23. The van der Waals surface area contributed by atoms with Crippen molar-refractivity contribution >= 4 is 28.3 Å². The summed E-state index contributed by atoms with van der Waals surface area (Å²) in [5, 5.41) is 10.2. The Balaban J connectivity index is 1.60. The van der Waals surface area contributed by atoms with Crippen molar-refractivity contribution in [2.24, 2.45) is 0 Å². The number of anilines is 2. The zero-order valence-corrected chi connectivity index (χ0v) is 15.6. The Kier molecular flexibility index (Phi) is 4.22. The number of aromatic nitrogens is 2. The van der Waals surface area contributed by atoms with Crippen molar-refractivity contribution in [2.75, 3.05) is 23.3 Å². The number of amides is 1. The van der Waals surface area contributed by atoms with Gasteiger partial charge in [0, 0.05) is 12.2 Å². The fourth-order valence-corrected chi connectivity index (χ4v) is 3.85. The Morgan fingerprint density at radius 2 is 2.11 bits per heavy atom. The van der Waals surface area contributed by atoms with Gasteiger partial charge in [-0.15, -0.1) is 0 Å². The van der Waals surface area contributed by atoms with Gasteiger partial charge >= 0.3 is 0 Å². The SMILES string of the molecule is Cc1n[nH]c(=O)c2c(NC(=O)CN3CC[C@@H](C)c4ccccc43)oc(C)c12. The van der Waals surface area contributed by atoms with Crippen molar-refractivity contribution in [2.45, 2.75) is 33.1 Å². The Morgan fingerprint density at radius 3 is 2.93 bits per heavy atom. The van der Waals surface area contributed by atoms with Gasteiger partial charge in [0.15, 0.2) is 0 Å². The van der Waals surface area contributed by atoms with Crippen LogP contribution in [0.2, 0.25) is 0 Å². The number of hydrogen-bond donors (Lipinski definition) is 2. The highest BCUT2D eigenvalue weighted by Gasteiger charge is 2.24. The van der Waals surface area contributed by atoms with Crippen LogP contribution in [0, 0.1) is 13.8 Å². The van der Waals surface area contributed by atoms with Crippen molar-refractivity contribution in [3.63, 3.8) is 0 Å². The lowest BCUT2D eigenvalue weighted by molar-refractivity contribution is -0.115. The lowest BCUT2D eigenvalue weighted by Gasteiger charge is -2.33. The molecule has 1 amide bonds. The maximum Gasteiger partial charge on any atom is 0.277 e. The molecule has 3 heterocycles. The predicted molar refractivity (Wildman–Crippen MR) is 104 cm³/mol. The average Bonchev–Trinajstić information content (AvgIpc) is 2.98. The van der Waals surface area contributed by atoms with E-state index in [1.165, 1.54) is 5.56 Å². The van der Waals surface area contributed by atoms with Gasteiger partial charge in [-0.05, 0) is 37.8 Å². The summed E-state index contributed by atoms with van der Waals surface area (Å²) in [4.78, 5) is 26.9. The van der Waals surface area contributed by atoms with Crippen LogP contribution in [0.15, 0.2) is 33.5 Å². The van der Waals surface area contributed by atoms with Crippen LogP contribution in [0.5, 0.6) is 0 Å². The number of benzene rings is 1. The number of fused-ring (bicyclic) bond motifs is 2. The molecule has 0 spiro atoms. The van der Waals surface area contributed by atoms with E-state index in [1.807, 2.05) is 18.2 Å². The molecule has 1 aliphatic rings. The first-order valence-electron chi connectivity index (χ1n) is 9.07. The van der Waals surface area contributed by atoms with Gasteiger partial charge in [-0.25, -0.2) is 5.10 Å². The summed E-state index contributed by atoms with van der Waals surface area (Å²) < 4.78 is 5.66. The number of furan rings is 1. The number of para-hydroxylation sites is 1. The molecule has 2 N–H and O–H groups in total. The standard InChI is InChI=1S/C20H22N4O3/c1-11-8-9-24(15-7-5-4-6-14(11)15)10-16(25)21-20-18-17(13(3)27-20)12(2)22-23-19(18)26/h4-7,11H,8-10H2,1-3H3,(H,21,25)(H,23,26)/t11-/m1/s1. The second kappa shape index (κ2) is 6.57. The van der Waals surface area contributed by atoms with E-state index in [0.29, 0.717) is 28.1 Å². The van der Waals surface area contributed by atoms with Crippen LogP contribution in [0.1, 0.15) is 36.3 Å². The van der Waals surface area contributed by atoms with E-state index in [4.69, 9.17) is 4.42 Å². The molecule has 0 saturated carbocycles. The quantitative estimate of drug-likeness (QED) is 0.743. The molecular formula is C20H22N4O3. The van der Waals surface area contributed by atoms with E-state index in [2.05, 4.69) is 33.4 Å². The number of rotatable bonds is 3. The maximum absolute atomic E-state index is 12.7. The fraction of sp³-hybridized carbons (Fsp3) is 0.350. The molecule has 1 aliphatic heterocycles. The third kappa shape index (κ3) is 2.99. The summed E-state index contributed by atoms with van der Waals surface area (Å²) in [7, 11) is 0. The molecule has 3 aromatic rings. The van der Waals surface area contributed by atoms with E-state index in [0.717, 1.165) is 18.7 Å². The summed E-state index contributed by atoms with van der Waals surface area (Å²) in [6, 6.07) is 8.17. The Labute approximate surface area is 156 Å². The van der Waals surface area contributed by atoms with Crippen LogP contribution in [0.3, 0.4) is 0 Å². The normalized spacial score (nSPS) is 16.4. The summed E-state index contributed by atoms with van der Waals surface area (Å²) >= 11 is 0. The van der Waals surface area contributed by atoms with E-state index >= 15 is 0 Å². The molecule has 27 heavy (non-hydrogen) atoms. The van der Waals surface area contributed by atoms with E-state index in [1.54, 1.807) is 13.8 Å². The monoisotopic (exact) mass is 366 g/mol. The van der Waals surface area contributed by atoms with E-state index < -0.39 is 0 Å². The van der Waals surface area contributed by atoms with Gasteiger partial charge < -0.3 is 9.32 Å². The molecule has 2 aromatic heterocycles. The second-order valence-corrected chi connectivity index (χ2v) is 7.09. The molecule has 1 atom stereocenters. The molecular weight excluding hydrogens is 344 g/mol. The number of carbonyl (C=O) groups is 1. The summed E-state index contributed by atoms with van der Waals surface area (Å²) in [6.45, 7) is 6.77. The van der Waals surface area contributed by atoms with Gasteiger partial charge in [-0.1, -0.05) is 25.1 Å². The molecule has 7 nitrogen and oxygen atoms in total. The second-order valence-electron chi connectivity index (χ2n) is 7.09. The molecule has 0 saturated heterocycles.